The number of carbonyl (C=O) groups is 4. The van der Waals surface area contributed by atoms with Crippen molar-refractivity contribution in [3.8, 4) is 0 Å². The maximum Gasteiger partial charge on any atom is 2.00 e. The monoisotopic (exact) mass is 387 g/mol. The molecule has 0 aromatic rings. The number of carbonyl (C=O) groups excluding carboxylic acids is 2. The summed E-state index contributed by atoms with van der Waals surface area (Å²) in [4.78, 5) is 43.9. The van der Waals surface area contributed by atoms with E-state index in [1.54, 1.807) is 0 Å². The molecule has 0 fully saturated rings. The zero-order valence-electron chi connectivity index (χ0n) is 12.2. The van der Waals surface area contributed by atoms with E-state index in [-0.39, 0.29) is 42.5 Å². The van der Waals surface area contributed by atoms with E-state index in [9.17, 15) is 29.4 Å². The van der Waals surface area contributed by atoms with Crippen LogP contribution in [0.3, 0.4) is 0 Å². The molecule has 0 aliphatic rings. The van der Waals surface area contributed by atoms with Crippen LogP contribution in [-0.4, -0.2) is 83.2 Å². The molecule has 0 bridgehead atoms. The minimum atomic E-state index is -1.49. The van der Waals surface area contributed by atoms with E-state index < -0.39 is 50.1 Å². The minimum absolute atomic E-state index is 0. The third kappa shape index (κ3) is 18.2. The van der Waals surface area contributed by atoms with Gasteiger partial charge in [-0.3, -0.25) is 19.4 Å². The molecule has 12 nitrogen and oxygen atoms in total. The maximum absolute atomic E-state index is 10.5. The van der Waals surface area contributed by atoms with E-state index in [2.05, 4.69) is 0 Å². The summed E-state index contributed by atoms with van der Waals surface area (Å²) in [5.74, 6) is -5.52. The SMILES string of the molecule is N.N.O=C([O-])CN(CCN(CC(=O)[O-])CC(=O)O)CC(=O)O.[Cu+2]. The van der Waals surface area contributed by atoms with E-state index in [0.29, 0.717) is 0 Å². The molecule has 13 heteroatoms. The van der Waals surface area contributed by atoms with Crippen molar-refractivity contribution in [3.63, 3.8) is 0 Å². The molecule has 0 atom stereocenters. The van der Waals surface area contributed by atoms with Crippen LogP contribution >= 0.6 is 0 Å². The van der Waals surface area contributed by atoms with Crippen molar-refractivity contribution in [1.29, 1.82) is 0 Å². The Hall–Kier alpha value is -1.76. The molecular formula is C10H20CuN4O8. The fourth-order valence-electron chi connectivity index (χ4n) is 1.46. The average Bonchev–Trinajstić information content (AvgIpc) is 2.22. The van der Waals surface area contributed by atoms with Gasteiger partial charge in [0.25, 0.3) is 0 Å². The number of rotatable bonds is 11. The average molecular weight is 388 g/mol. The van der Waals surface area contributed by atoms with Gasteiger partial charge < -0.3 is 42.3 Å². The molecule has 23 heavy (non-hydrogen) atoms. The third-order valence-electron chi connectivity index (χ3n) is 2.16. The van der Waals surface area contributed by atoms with Gasteiger partial charge in [0, 0.05) is 26.2 Å². The van der Waals surface area contributed by atoms with E-state index in [0.717, 1.165) is 9.80 Å². The van der Waals surface area contributed by atoms with Gasteiger partial charge in [0.15, 0.2) is 0 Å². The number of aliphatic carboxylic acids is 4. The molecule has 0 unspecified atom stereocenters. The summed E-state index contributed by atoms with van der Waals surface area (Å²) in [6.45, 7) is -2.75. The van der Waals surface area contributed by atoms with Crippen molar-refractivity contribution >= 4 is 23.9 Å². The van der Waals surface area contributed by atoms with Gasteiger partial charge in [-0.2, -0.15) is 0 Å². The van der Waals surface area contributed by atoms with Crippen LogP contribution in [0.25, 0.3) is 0 Å². The van der Waals surface area contributed by atoms with E-state index in [1.165, 1.54) is 0 Å². The summed E-state index contributed by atoms with van der Waals surface area (Å²) in [6.07, 6.45) is 0. The molecule has 0 spiro atoms. The van der Waals surface area contributed by atoms with Crippen LogP contribution in [0.15, 0.2) is 0 Å². The van der Waals surface area contributed by atoms with Gasteiger partial charge in [-0.1, -0.05) is 0 Å². The Bertz CT molecular complexity index is 327. The van der Waals surface area contributed by atoms with Crippen LogP contribution in [0.1, 0.15) is 0 Å². The van der Waals surface area contributed by atoms with Gasteiger partial charge in [0.1, 0.15) is 0 Å². The Morgan fingerprint density at radius 3 is 1.13 bits per heavy atom. The van der Waals surface area contributed by atoms with Crippen molar-refractivity contribution in [1.82, 2.24) is 22.1 Å². The maximum atomic E-state index is 10.5. The standard InChI is InChI=1S/C10H16N2O8.Cu.2H3N/c13-7(14)3-11(4-8(15)16)1-2-12(5-9(17)18)6-10(19)20;;;/h1-6H2,(H,13,14)(H,15,16)(H,17,18)(H,19,20);;2*1H3/q;+2;;/p-2. The summed E-state index contributed by atoms with van der Waals surface area (Å²) in [7, 11) is 0. The van der Waals surface area contributed by atoms with Gasteiger partial charge in [0.2, 0.25) is 0 Å². The molecule has 0 aromatic heterocycles. The summed E-state index contributed by atoms with van der Waals surface area (Å²) in [5.41, 5.74) is 0. The Labute approximate surface area is 142 Å². The molecule has 0 rings (SSSR count). The van der Waals surface area contributed by atoms with Crippen LogP contribution in [0, 0.1) is 0 Å². The van der Waals surface area contributed by atoms with Crippen molar-refractivity contribution in [2.75, 3.05) is 39.3 Å². The Morgan fingerprint density at radius 1 is 0.696 bits per heavy atom. The van der Waals surface area contributed by atoms with Crippen LogP contribution in [0.5, 0.6) is 0 Å². The van der Waals surface area contributed by atoms with Gasteiger partial charge >= 0.3 is 29.0 Å². The van der Waals surface area contributed by atoms with E-state index in [4.69, 9.17) is 10.2 Å². The predicted molar refractivity (Wildman–Crippen MR) is 68.2 cm³/mol. The summed E-state index contributed by atoms with van der Waals surface area (Å²) < 4.78 is 0. The quantitative estimate of drug-likeness (QED) is 0.246. The van der Waals surface area contributed by atoms with Crippen molar-refractivity contribution in [2.24, 2.45) is 0 Å². The number of carboxylic acid groups (broad SMARTS) is 4. The first-order valence-electron chi connectivity index (χ1n) is 5.48. The number of nitrogens with zero attached hydrogens (tertiary/aromatic N) is 2. The zero-order valence-corrected chi connectivity index (χ0v) is 13.1. The first-order valence-corrected chi connectivity index (χ1v) is 5.48. The molecule has 0 aliphatic heterocycles. The van der Waals surface area contributed by atoms with Gasteiger partial charge in [-0.05, 0) is 0 Å². The largest absolute Gasteiger partial charge is 2.00 e. The topological polar surface area (TPSA) is 231 Å². The molecular weight excluding hydrogens is 368 g/mol. The van der Waals surface area contributed by atoms with Crippen molar-refractivity contribution < 1.29 is 56.7 Å². The molecule has 8 N–H and O–H groups in total. The van der Waals surface area contributed by atoms with E-state index >= 15 is 0 Å². The normalized spacial score (nSPS) is 9.30. The Morgan fingerprint density at radius 2 is 0.957 bits per heavy atom. The Kier molecular flexibility index (Phi) is 19.3. The molecule has 0 saturated heterocycles. The first kappa shape index (κ1) is 29.3. The number of carboxylic acids is 4. The fraction of sp³-hybridized carbons (Fsp3) is 0.600. The molecule has 0 aliphatic carbocycles. The fourth-order valence-corrected chi connectivity index (χ4v) is 1.46. The summed E-state index contributed by atoms with van der Waals surface area (Å²) in [5, 5.41) is 38.0. The molecule has 0 saturated carbocycles. The van der Waals surface area contributed by atoms with Crippen LogP contribution in [0.4, 0.5) is 0 Å². The van der Waals surface area contributed by atoms with Crippen LogP contribution in [0.2, 0.25) is 0 Å². The second-order valence-corrected chi connectivity index (χ2v) is 3.95. The predicted octanol–water partition coefficient (Wildman–Crippen LogP) is -4.42. The smallest absolute Gasteiger partial charge is 0.549 e. The molecule has 1 radical (unpaired) electrons. The van der Waals surface area contributed by atoms with Gasteiger partial charge in [0.05, 0.1) is 25.0 Å². The Balaban J connectivity index is -0.000000602. The zero-order chi connectivity index (χ0) is 15.7. The van der Waals surface area contributed by atoms with Crippen molar-refractivity contribution in [3.05, 3.63) is 0 Å². The summed E-state index contributed by atoms with van der Waals surface area (Å²) in [6, 6.07) is 0. The summed E-state index contributed by atoms with van der Waals surface area (Å²) >= 11 is 0. The van der Waals surface area contributed by atoms with Crippen LogP contribution in [-0.2, 0) is 36.2 Å². The molecule has 139 valence electrons. The second-order valence-electron chi connectivity index (χ2n) is 3.95. The molecule has 0 aromatic carbocycles. The van der Waals surface area contributed by atoms with Gasteiger partial charge in [-0.25, -0.2) is 0 Å². The number of hydrogen-bond acceptors (Lipinski definition) is 10. The third-order valence-corrected chi connectivity index (χ3v) is 2.16. The first-order chi connectivity index (χ1) is 9.20. The van der Waals surface area contributed by atoms with E-state index in [1.807, 2.05) is 0 Å². The molecule has 0 amide bonds. The number of hydrogen-bond donors (Lipinski definition) is 4. The van der Waals surface area contributed by atoms with Crippen LogP contribution < -0.4 is 22.5 Å². The minimum Gasteiger partial charge on any atom is -0.549 e. The second kappa shape index (κ2) is 15.1. The molecule has 0 heterocycles. The van der Waals surface area contributed by atoms with Crippen molar-refractivity contribution in [2.45, 2.75) is 0 Å². The van der Waals surface area contributed by atoms with Gasteiger partial charge in [-0.15, -0.1) is 0 Å².